The van der Waals surface area contributed by atoms with E-state index in [2.05, 4.69) is 17.3 Å². The third-order valence-corrected chi connectivity index (χ3v) is 3.68. The molecule has 1 heterocycles. The predicted octanol–water partition coefficient (Wildman–Crippen LogP) is 4.21. The van der Waals surface area contributed by atoms with Crippen molar-refractivity contribution in [1.82, 2.24) is 9.78 Å². The second-order valence-electron chi connectivity index (χ2n) is 5.15. The molecule has 0 fully saturated rings. The van der Waals surface area contributed by atoms with Crippen LogP contribution in [0.1, 0.15) is 41.4 Å². The zero-order chi connectivity index (χ0) is 15.4. The van der Waals surface area contributed by atoms with Gasteiger partial charge in [0.2, 0.25) is 0 Å². The lowest BCUT2D eigenvalue weighted by Crippen LogP contribution is -2.13. The molecule has 0 aliphatic carbocycles. The predicted molar refractivity (Wildman–Crippen MR) is 86.0 cm³/mol. The number of carbonyl (C=O) groups is 1. The van der Waals surface area contributed by atoms with Crippen LogP contribution in [0.2, 0.25) is 5.15 Å². The Labute approximate surface area is 130 Å². The van der Waals surface area contributed by atoms with E-state index in [0.717, 1.165) is 30.6 Å². The highest BCUT2D eigenvalue weighted by atomic mass is 35.5. The number of rotatable bonds is 5. The minimum Gasteiger partial charge on any atom is -0.322 e. The van der Waals surface area contributed by atoms with Crippen molar-refractivity contribution in [3.63, 3.8) is 0 Å². The molecular weight excluding hydrogens is 286 g/mol. The lowest BCUT2D eigenvalue weighted by Gasteiger charge is -2.06. The van der Waals surface area contributed by atoms with Gasteiger partial charge < -0.3 is 5.32 Å². The summed E-state index contributed by atoms with van der Waals surface area (Å²) in [6, 6.07) is 7.67. The van der Waals surface area contributed by atoms with Gasteiger partial charge in [-0.3, -0.25) is 9.48 Å². The molecule has 0 bridgehead atoms. The summed E-state index contributed by atoms with van der Waals surface area (Å²) in [4.78, 5) is 12.4. The minimum absolute atomic E-state index is 0.217. The Hall–Kier alpha value is -1.81. The quantitative estimate of drug-likeness (QED) is 0.899. The van der Waals surface area contributed by atoms with E-state index in [1.54, 1.807) is 11.6 Å². The Morgan fingerprint density at radius 3 is 2.81 bits per heavy atom. The summed E-state index contributed by atoms with van der Waals surface area (Å²) in [6.07, 6.45) is 2.04. The number of hydrogen-bond donors (Lipinski definition) is 1. The summed E-state index contributed by atoms with van der Waals surface area (Å²) in [5.74, 6) is -0.217. The normalized spacial score (nSPS) is 10.7. The highest BCUT2D eigenvalue weighted by molar-refractivity contribution is 6.33. The van der Waals surface area contributed by atoms with Crippen LogP contribution in [-0.4, -0.2) is 15.7 Å². The zero-order valence-electron chi connectivity index (χ0n) is 12.6. The number of carbonyl (C=O) groups excluding carboxylic acids is 1. The molecular formula is C16H20ClN3O. The van der Waals surface area contributed by atoms with Gasteiger partial charge in [0.05, 0.1) is 11.3 Å². The fourth-order valence-corrected chi connectivity index (χ4v) is 2.53. The van der Waals surface area contributed by atoms with Crippen LogP contribution in [0.15, 0.2) is 24.3 Å². The van der Waals surface area contributed by atoms with Gasteiger partial charge >= 0.3 is 0 Å². The van der Waals surface area contributed by atoms with Crippen LogP contribution >= 0.6 is 11.6 Å². The standard InChI is InChI=1S/C16H20ClN3O/c1-4-5-9-20-15(17)14(12(3)19-20)16(21)18-13-8-6-7-11(2)10-13/h6-8,10H,4-5,9H2,1-3H3,(H,18,21). The van der Waals surface area contributed by atoms with Crippen LogP contribution in [0.3, 0.4) is 0 Å². The van der Waals surface area contributed by atoms with Crippen molar-refractivity contribution in [2.45, 2.75) is 40.2 Å². The van der Waals surface area contributed by atoms with Gasteiger partial charge in [-0.2, -0.15) is 5.10 Å². The van der Waals surface area contributed by atoms with E-state index in [9.17, 15) is 4.79 Å². The summed E-state index contributed by atoms with van der Waals surface area (Å²) < 4.78 is 1.70. The molecule has 112 valence electrons. The fraction of sp³-hybridized carbons (Fsp3) is 0.375. The zero-order valence-corrected chi connectivity index (χ0v) is 13.4. The van der Waals surface area contributed by atoms with Crippen molar-refractivity contribution in [2.75, 3.05) is 5.32 Å². The number of nitrogens with one attached hydrogen (secondary N) is 1. The molecule has 1 aromatic heterocycles. The van der Waals surface area contributed by atoms with Gasteiger partial charge in [0.25, 0.3) is 5.91 Å². The van der Waals surface area contributed by atoms with Crippen LogP contribution in [0.25, 0.3) is 0 Å². The first-order valence-electron chi connectivity index (χ1n) is 7.14. The molecule has 0 radical (unpaired) electrons. The van der Waals surface area contributed by atoms with Crippen molar-refractivity contribution in [2.24, 2.45) is 0 Å². The van der Waals surface area contributed by atoms with Crippen LogP contribution in [0.5, 0.6) is 0 Å². The van der Waals surface area contributed by atoms with Gasteiger partial charge in [0, 0.05) is 12.2 Å². The molecule has 21 heavy (non-hydrogen) atoms. The van der Waals surface area contributed by atoms with Crippen LogP contribution in [0.4, 0.5) is 5.69 Å². The summed E-state index contributed by atoms with van der Waals surface area (Å²) >= 11 is 6.30. The Bertz CT molecular complexity index is 649. The lowest BCUT2D eigenvalue weighted by molar-refractivity contribution is 0.102. The Morgan fingerprint density at radius 2 is 2.14 bits per heavy atom. The SMILES string of the molecule is CCCCn1nc(C)c(C(=O)Nc2cccc(C)c2)c1Cl. The monoisotopic (exact) mass is 305 g/mol. The Balaban J connectivity index is 2.21. The maximum absolute atomic E-state index is 12.4. The molecule has 0 spiro atoms. The first-order valence-corrected chi connectivity index (χ1v) is 7.51. The minimum atomic E-state index is -0.217. The second kappa shape index (κ2) is 6.76. The second-order valence-corrected chi connectivity index (χ2v) is 5.51. The highest BCUT2D eigenvalue weighted by Crippen LogP contribution is 2.22. The first kappa shape index (κ1) is 15.6. The molecule has 1 amide bonds. The number of nitrogens with zero attached hydrogens (tertiary/aromatic N) is 2. The molecule has 0 aliphatic rings. The molecule has 2 rings (SSSR count). The van der Waals surface area contributed by atoms with E-state index in [1.165, 1.54) is 0 Å². The maximum atomic E-state index is 12.4. The van der Waals surface area contributed by atoms with Gasteiger partial charge in [-0.15, -0.1) is 0 Å². The maximum Gasteiger partial charge on any atom is 0.260 e. The van der Waals surface area contributed by atoms with Gasteiger partial charge in [-0.25, -0.2) is 0 Å². The van der Waals surface area contributed by atoms with Gasteiger partial charge in [0.15, 0.2) is 0 Å². The summed E-state index contributed by atoms with van der Waals surface area (Å²) in [6.45, 7) is 6.62. The molecule has 0 unspecified atom stereocenters. The fourth-order valence-electron chi connectivity index (χ4n) is 2.18. The largest absolute Gasteiger partial charge is 0.322 e. The van der Waals surface area contributed by atoms with E-state index in [0.29, 0.717) is 16.4 Å². The summed E-state index contributed by atoms with van der Waals surface area (Å²) in [7, 11) is 0. The average Bonchev–Trinajstić information content (AvgIpc) is 2.71. The molecule has 4 nitrogen and oxygen atoms in total. The van der Waals surface area contributed by atoms with Crippen molar-refractivity contribution in [1.29, 1.82) is 0 Å². The van der Waals surface area contributed by atoms with E-state index in [1.807, 2.05) is 31.2 Å². The number of aryl methyl sites for hydroxylation is 3. The molecule has 2 aromatic rings. The van der Waals surface area contributed by atoms with Crippen molar-refractivity contribution in [3.05, 3.63) is 46.2 Å². The third-order valence-electron chi connectivity index (χ3n) is 3.29. The molecule has 0 saturated carbocycles. The number of unbranched alkanes of at least 4 members (excludes halogenated alkanes) is 1. The van der Waals surface area contributed by atoms with Gasteiger partial charge in [-0.1, -0.05) is 37.1 Å². The topological polar surface area (TPSA) is 46.9 Å². The first-order chi connectivity index (χ1) is 10.0. The number of aromatic nitrogens is 2. The molecule has 5 heteroatoms. The average molecular weight is 306 g/mol. The lowest BCUT2D eigenvalue weighted by atomic mass is 10.2. The molecule has 1 aromatic carbocycles. The number of amides is 1. The van der Waals surface area contributed by atoms with Crippen LogP contribution in [0, 0.1) is 13.8 Å². The van der Waals surface area contributed by atoms with E-state index < -0.39 is 0 Å². The van der Waals surface area contributed by atoms with Crippen molar-refractivity contribution in [3.8, 4) is 0 Å². The molecule has 0 saturated heterocycles. The van der Waals surface area contributed by atoms with E-state index in [4.69, 9.17) is 11.6 Å². The van der Waals surface area contributed by atoms with Crippen LogP contribution < -0.4 is 5.32 Å². The highest BCUT2D eigenvalue weighted by Gasteiger charge is 2.20. The smallest absolute Gasteiger partial charge is 0.260 e. The van der Waals surface area contributed by atoms with Crippen molar-refractivity contribution < 1.29 is 4.79 Å². The van der Waals surface area contributed by atoms with Crippen molar-refractivity contribution >= 4 is 23.2 Å². The van der Waals surface area contributed by atoms with E-state index in [-0.39, 0.29) is 5.91 Å². The van der Waals surface area contributed by atoms with Gasteiger partial charge in [-0.05, 0) is 38.0 Å². The molecule has 0 aliphatic heterocycles. The molecule has 1 N–H and O–H groups in total. The summed E-state index contributed by atoms with van der Waals surface area (Å²) in [5.41, 5.74) is 2.96. The number of anilines is 1. The van der Waals surface area contributed by atoms with E-state index >= 15 is 0 Å². The summed E-state index contributed by atoms with van der Waals surface area (Å²) in [5, 5.41) is 7.63. The molecule has 0 atom stereocenters. The number of benzene rings is 1. The van der Waals surface area contributed by atoms with Gasteiger partial charge in [0.1, 0.15) is 5.15 Å². The Morgan fingerprint density at radius 1 is 1.38 bits per heavy atom. The number of halogens is 1. The number of hydrogen-bond acceptors (Lipinski definition) is 2. The van der Waals surface area contributed by atoms with Crippen LogP contribution in [-0.2, 0) is 6.54 Å². The Kier molecular flexibility index (Phi) is 5.02. The third kappa shape index (κ3) is 3.64.